The van der Waals surface area contributed by atoms with Crippen molar-refractivity contribution in [1.29, 1.82) is 0 Å². The SMILES string of the molecule is CCN(CC)C(=S)SCC(=O)Nc1ccc2nc(SCC(=O)NCCOc3ccc(Cl)cc3)sc2c1. The van der Waals surface area contributed by atoms with E-state index in [4.69, 9.17) is 28.6 Å². The molecule has 0 aliphatic carbocycles. The molecule has 0 saturated heterocycles. The number of benzene rings is 2. The highest BCUT2D eigenvalue weighted by Crippen LogP contribution is 2.31. The topological polar surface area (TPSA) is 83.6 Å². The molecule has 2 amide bonds. The van der Waals surface area contributed by atoms with Gasteiger partial charge >= 0.3 is 0 Å². The molecule has 0 fully saturated rings. The van der Waals surface area contributed by atoms with Crippen molar-refractivity contribution in [2.75, 3.05) is 43.1 Å². The van der Waals surface area contributed by atoms with Crippen LogP contribution in [0.5, 0.6) is 5.75 Å². The zero-order valence-corrected chi connectivity index (χ0v) is 23.9. The monoisotopic (exact) mass is 582 g/mol. The predicted octanol–water partition coefficient (Wildman–Crippen LogP) is 5.54. The Labute approximate surface area is 233 Å². The molecule has 0 unspecified atom stereocenters. The summed E-state index contributed by atoms with van der Waals surface area (Å²) >= 11 is 15.5. The Balaban J connectivity index is 1.41. The zero-order chi connectivity index (χ0) is 25.9. The smallest absolute Gasteiger partial charge is 0.234 e. The molecule has 1 heterocycles. The highest BCUT2D eigenvalue weighted by atomic mass is 35.5. The van der Waals surface area contributed by atoms with Crippen LogP contribution in [0.1, 0.15) is 13.8 Å². The molecule has 36 heavy (non-hydrogen) atoms. The van der Waals surface area contributed by atoms with Crippen LogP contribution >= 0.6 is 58.7 Å². The number of thiazole rings is 1. The number of amides is 2. The Morgan fingerprint density at radius 1 is 1.11 bits per heavy atom. The predicted molar refractivity (Wildman–Crippen MR) is 157 cm³/mol. The Morgan fingerprint density at radius 3 is 2.58 bits per heavy atom. The first kappa shape index (κ1) is 28.5. The van der Waals surface area contributed by atoms with Crippen molar-refractivity contribution in [3.05, 3.63) is 47.5 Å². The molecule has 2 N–H and O–H groups in total. The molecule has 192 valence electrons. The van der Waals surface area contributed by atoms with E-state index in [0.717, 1.165) is 32.0 Å². The molecular weight excluding hydrogens is 556 g/mol. The third-order valence-electron chi connectivity index (χ3n) is 4.83. The molecule has 0 radical (unpaired) electrons. The first-order valence-corrected chi connectivity index (χ1v) is 14.8. The summed E-state index contributed by atoms with van der Waals surface area (Å²) in [5.41, 5.74) is 1.54. The van der Waals surface area contributed by atoms with Crippen LogP contribution in [0.25, 0.3) is 10.2 Å². The number of anilines is 1. The van der Waals surface area contributed by atoms with Crippen molar-refractivity contribution in [1.82, 2.24) is 15.2 Å². The normalized spacial score (nSPS) is 10.8. The summed E-state index contributed by atoms with van der Waals surface area (Å²) in [6, 6.07) is 12.7. The number of ether oxygens (including phenoxy) is 1. The van der Waals surface area contributed by atoms with Gasteiger partial charge in [-0.1, -0.05) is 47.3 Å². The number of carbonyl (C=O) groups is 2. The molecule has 0 spiro atoms. The third kappa shape index (κ3) is 9.11. The number of rotatable bonds is 12. The van der Waals surface area contributed by atoms with Gasteiger partial charge in [0.2, 0.25) is 11.8 Å². The van der Waals surface area contributed by atoms with E-state index in [1.165, 1.54) is 34.9 Å². The van der Waals surface area contributed by atoms with Crippen molar-refractivity contribution >= 4 is 90.7 Å². The summed E-state index contributed by atoms with van der Waals surface area (Å²) in [5.74, 6) is 1.03. The summed E-state index contributed by atoms with van der Waals surface area (Å²) in [4.78, 5) is 31.1. The van der Waals surface area contributed by atoms with Gasteiger partial charge in [0.05, 0.1) is 28.3 Å². The average molecular weight is 583 g/mol. The summed E-state index contributed by atoms with van der Waals surface area (Å²) in [5, 5.41) is 6.40. The van der Waals surface area contributed by atoms with Gasteiger partial charge in [0.15, 0.2) is 4.34 Å². The van der Waals surface area contributed by atoms with Gasteiger partial charge < -0.3 is 20.3 Å². The van der Waals surface area contributed by atoms with Gasteiger partial charge in [-0.05, 0) is 56.3 Å². The minimum Gasteiger partial charge on any atom is -0.492 e. The van der Waals surface area contributed by atoms with E-state index < -0.39 is 0 Å². The molecular formula is C24H27ClN4O3S4. The molecule has 1 aromatic heterocycles. The summed E-state index contributed by atoms with van der Waals surface area (Å²) in [7, 11) is 0. The van der Waals surface area contributed by atoms with Crippen LogP contribution in [0.15, 0.2) is 46.8 Å². The highest BCUT2D eigenvalue weighted by Gasteiger charge is 2.12. The maximum Gasteiger partial charge on any atom is 0.234 e. The Kier molecular flexibility index (Phi) is 11.6. The minimum absolute atomic E-state index is 0.0907. The second kappa shape index (κ2) is 14.6. The van der Waals surface area contributed by atoms with Crippen molar-refractivity contribution in [2.24, 2.45) is 0 Å². The van der Waals surface area contributed by atoms with E-state index in [1.807, 2.05) is 36.9 Å². The van der Waals surface area contributed by atoms with Crippen LogP contribution in [0.3, 0.4) is 0 Å². The van der Waals surface area contributed by atoms with E-state index >= 15 is 0 Å². The van der Waals surface area contributed by atoms with Gasteiger partial charge in [0.1, 0.15) is 16.7 Å². The van der Waals surface area contributed by atoms with Gasteiger partial charge in [-0.15, -0.1) is 11.3 Å². The lowest BCUT2D eigenvalue weighted by Gasteiger charge is -2.20. The largest absolute Gasteiger partial charge is 0.492 e. The number of fused-ring (bicyclic) bond motifs is 1. The Morgan fingerprint density at radius 2 is 1.86 bits per heavy atom. The summed E-state index contributed by atoms with van der Waals surface area (Å²) in [6.07, 6.45) is 0. The Hall–Kier alpha value is -2.05. The third-order valence-corrected chi connectivity index (χ3v) is 8.77. The number of hydrogen-bond donors (Lipinski definition) is 2. The molecule has 7 nitrogen and oxygen atoms in total. The fourth-order valence-electron chi connectivity index (χ4n) is 3.01. The maximum absolute atomic E-state index is 12.4. The van der Waals surface area contributed by atoms with Gasteiger partial charge in [-0.2, -0.15) is 0 Å². The molecule has 0 saturated carbocycles. The fourth-order valence-corrected chi connectivity index (χ4v) is 6.27. The maximum atomic E-state index is 12.4. The number of hydrogen-bond acceptors (Lipinski definition) is 8. The average Bonchev–Trinajstić information content (AvgIpc) is 3.28. The lowest BCUT2D eigenvalue weighted by atomic mass is 10.3. The van der Waals surface area contributed by atoms with Gasteiger partial charge in [0, 0.05) is 23.8 Å². The molecule has 0 atom stereocenters. The highest BCUT2D eigenvalue weighted by molar-refractivity contribution is 8.23. The lowest BCUT2D eigenvalue weighted by molar-refractivity contribution is -0.118. The quantitative estimate of drug-likeness (QED) is 0.164. The number of thioether (sulfide) groups is 2. The van der Waals surface area contributed by atoms with Crippen LogP contribution in [0.4, 0.5) is 5.69 Å². The molecule has 3 rings (SSSR count). The van der Waals surface area contributed by atoms with E-state index in [2.05, 4.69) is 15.6 Å². The molecule has 0 aliphatic heterocycles. The number of nitrogens with one attached hydrogen (secondary N) is 2. The van der Waals surface area contributed by atoms with Gasteiger partial charge in [-0.25, -0.2) is 4.98 Å². The van der Waals surface area contributed by atoms with Crippen LogP contribution in [0.2, 0.25) is 5.02 Å². The summed E-state index contributed by atoms with van der Waals surface area (Å²) in [6.45, 7) is 6.51. The second-order valence-electron chi connectivity index (χ2n) is 7.38. The second-order valence-corrected chi connectivity index (χ2v) is 11.7. The fraction of sp³-hybridized carbons (Fsp3) is 0.333. The van der Waals surface area contributed by atoms with Gasteiger partial charge in [-0.3, -0.25) is 9.59 Å². The number of aromatic nitrogens is 1. The number of carbonyl (C=O) groups excluding carboxylic acids is 2. The lowest BCUT2D eigenvalue weighted by Crippen LogP contribution is -2.29. The first-order chi connectivity index (χ1) is 17.4. The van der Waals surface area contributed by atoms with E-state index in [1.54, 1.807) is 24.3 Å². The standard InChI is InChI=1S/C24H27ClN4O3S4/c1-3-29(4-2)24(33)35-15-22(31)27-17-7-10-19-20(13-17)36-23(28-19)34-14-21(30)26-11-12-32-18-8-5-16(25)6-9-18/h5-10,13H,3-4,11-12,14-15H2,1-2H3,(H,26,30)(H,27,31). The molecule has 2 aromatic carbocycles. The van der Waals surface area contributed by atoms with Crippen molar-refractivity contribution < 1.29 is 14.3 Å². The Bertz CT molecular complexity index is 1190. The van der Waals surface area contributed by atoms with E-state index in [0.29, 0.717) is 29.6 Å². The molecule has 0 bridgehead atoms. The van der Waals surface area contributed by atoms with E-state index in [9.17, 15) is 9.59 Å². The first-order valence-electron chi connectivity index (χ1n) is 11.3. The number of nitrogens with zero attached hydrogens (tertiary/aromatic N) is 2. The van der Waals surface area contributed by atoms with Crippen molar-refractivity contribution in [3.8, 4) is 5.75 Å². The molecule has 0 aliphatic rings. The molecule has 3 aromatic rings. The van der Waals surface area contributed by atoms with Crippen LogP contribution in [-0.2, 0) is 9.59 Å². The van der Waals surface area contributed by atoms with Crippen LogP contribution in [-0.4, -0.2) is 63.8 Å². The summed E-state index contributed by atoms with van der Waals surface area (Å²) < 4.78 is 8.04. The van der Waals surface area contributed by atoms with Crippen LogP contribution in [0, 0.1) is 0 Å². The van der Waals surface area contributed by atoms with Gasteiger partial charge in [0.25, 0.3) is 0 Å². The minimum atomic E-state index is -0.107. The molecule has 12 heteroatoms. The van der Waals surface area contributed by atoms with Crippen molar-refractivity contribution in [2.45, 2.75) is 18.2 Å². The van der Waals surface area contributed by atoms with Crippen LogP contribution < -0.4 is 15.4 Å². The number of thiocarbonyl (C=S) groups is 1. The zero-order valence-electron chi connectivity index (χ0n) is 19.9. The van der Waals surface area contributed by atoms with E-state index in [-0.39, 0.29) is 23.3 Å². The number of halogens is 1. The van der Waals surface area contributed by atoms with Crippen molar-refractivity contribution in [3.63, 3.8) is 0 Å².